The van der Waals surface area contributed by atoms with E-state index in [1.807, 2.05) is 30.3 Å². The maximum absolute atomic E-state index is 14.8. The summed E-state index contributed by atoms with van der Waals surface area (Å²) in [6.45, 7) is 2.05. The Balaban J connectivity index is 1.48. The molecule has 1 fully saturated rings. The molecule has 0 spiro atoms. The van der Waals surface area contributed by atoms with Gasteiger partial charge >= 0.3 is 0 Å². The zero-order valence-corrected chi connectivity index (χ0v) is 25.2. The van der Waals surface area contributed by atoms with Crippen LogP contribution in [0.3, 0.4) is 0 Å². The van der Waals surface area contributed by atoms with Crippen LogP contribution in [0.1, 0.15) is 55.5 Å². The number of rotatable bonds is 8. The van der Waals surface area contributed by atoms with Gasteiger partial charge in [0.2, 0.25) is 10.0 Å². The number of thiophene rings is 1. The van der Waals surface area contributed by atoms with Gasteiger partial charge in [-0.1, -0.05) is 34.2 Å². The molecule has 1 atom stereocenters. The van der Waals surface area contributed by atoms with Gasteiger partial charge < -0.3 is 5.73 Å². The highest BCUT2D eigenvalue weighted by Gasteiger charge is 2.29. The van der Waals surface area contributed by atoms with E-state index >= 15 is 0 Å². The Morgan fingerprint density at radius 2 is 2.00 bits per heavy atom. The molecular formula is C31H27FN5O2S3+. The second-order valence-corrected chi connectivity index (χ2v) is 13.5. The van der Waals surface area contributed by atoms with Crippen LogP contribution >= 0.6 is 22.7 Å². The number of carbonyl (C=O) groups excluding carboxylic acids is 1. The van der Waals surface area contributed by atoms with Crippen molar-refractivity contribution < 1.29 is 13.4 Å². The van der Waals surface area contributed by atoms with Crippen molar-refractivity contribution in [2.45, 2.75) is 37.5 Å². The number of amides is 1. The molecule has 4 N–H and O–H groups in total. The second kappa shape index (κ2) is 11.7. The third-order valence-electron chi connectivity index (χ3n) is 7.03. The number of benzene rings is 2. The van der Waals surface area contributed by atoms with Crippen LogP contribution in [0.2, 0.25) is 0 Å². The maximum atomic E-state index is 14.8. The summed E-state index contributed by atoms with van der Waals surface area (Å²) in [5.41, 5.74) is 10.7. The maximum Gasteiger partial charge on any atom is 0.268 e. The van der Waals surface area contributed by atoms with E-state index in [-0.39, 0.29) is 10.6 Å². The summed E-state index contributed by atoms with van der Waals surface area (Å²) in [5.74, 6) is 5.81. The van der Waals surface area contributed by atoms with Crippen LogP contribution in [0, 0.1) is 30.5 Å². The van der Waals surface area contributed by atoms with Crippen LogP contribution in [0.5, 0.6) is 0 Å². The summed E-state index contributed by atoms with van der Waals surface area (Å²) in [5, 5.41) is 12.7. The van der Waals surface area contributed by atoms with E-state index in [1.54, 1.807) is 27.5 Å². The van der Waals surface area contributed by atoms with Gasteiger partial charge in [0.05, 0.1) is 16.3 Å². The van der Waals surface area contributed by atoms with Gasteiger partial charge in [0, 0.05) is 33.4 Å². The Morgan fingerprint density at radius 3 is 2.67 bits per heavy atom. The van der Waals surface area contributed by atoms with Crippen molar-refractivity contribution in [3.63, 3.8) is 0 Å². The summed E-state index contributed by atoms with van der Waals surface area (Å²) in [6.07, 6.45) is 3.38. The van der Waals surface area contributed by atoms with Gasteiger partial charge in [-0.15, -0.1) is 27.8 Å². The minimum Gasteiger partial charge on any atom is -0.364 e. The predicted octanol–water partition coefficient (Wildman–Crippen LogP) is 5.48. The van der Waals surface area contributed by atoms with Crippen LogP contribution in [0.25, 0.3) is 16.4 Å². The number of primary amides is 1. The van der Waals surface area contributed by atoms with Crippen molar-refractivity contribution in [3.8, 4) is 28.2 Å². The van der Waals surface area contributed by atoms with Crippen molar-refractivity contribution in [2.75, 3.05) is 0 Å². The second-order valence-electron chi connectivity index (χ2n) is 10.2. The lowest BCUT2D eigenvalue weighted by atomic mass is 9.96. The lowest BCUT2D eigenvalue weighted by Gasteiger charge is -2.09. The summed E-state index contributed by atoms with van der Waals surface area (Å²) in [6, 6.07) is 16.6. The smallest absolute Gasteiger partial charge is 0.268 e. The van der Waals surface area contributed by atoms with E-state index in [0.29, 0.717) is 23.0 Å². The normalized spacial score (nSPS) is 13.5. The molecule has 0 aliphatic heterocycles. The first-order valence-electron chi connectivity index (χ1n) is 13.3. The first-order valence-corrected chi connectivity index (χ1v) is 16.3. The van der Waals surface area contributed by atoms with E-state index in [4.69, 9.17) is 16.0 Å². The van der Waals surface area contributed by atoms with E-state index in [2.05, 4.69) is 29.8 Å². The van der Waals surface area contributed by atoms with Crippen LogP contribution in [0.4, 0.5) is 4.39 Å². The first-order chi connectivity index (χ1) is 20.2. The predicted molar refractivity (Wildman–Crippen MR) is 166 cm³/mol. The van der Waals surface area contributed by atoms with Crippen molar-refractivity contribution in [1.82, 2.24) is 14.8 Å². The largest absolute Gasteiger partial charge is 0.364 e. The lowest BCUT2D eigenvalue weighted by Crippen LogP contribution is -2.12. The summed E-state index contributed by atoms with van der Waals surface area (Å²) in [4.78, 5) is 18.5. The van der Waals surface area contributed by atoms with Crippen LogP contribution in [0.15, 0.2) is 64.9 Å². The van der Waals surface area contributed by atoms with E-state index in [0.717, 1.165) is 52.2 Å². The van der Waals surface area contributed by atoms with Crippen molar-refractivity contribution in [2.24, 2.45) is 16.8 Å². The van der Waals surface area contributed by atoms with Crippen LogP contribution in [-0.2, 0) is 28.0 Å². The molecule has 1 aliphatic carbocycles. The number of thiazole rings is 1. The number of halogens is 1. The molecule has 3 aromatic heterocycles. The van der Waals surface area contributed by atoms with Gasteiger partial charge in [-0.2, -0.15) is 5.10 Å². The molecule has 1 unspecified atom stereocenters. The molecule has 0 bridgehead atoms. The SMILES string of the molecule is Cc1ccc(C#Cc2cccc(-c3nn(-c4nc(C(N)=O)cs4)c(CC4CC4)c3Cc3ccc([SH+](N)=O)c(F)c3)c2)s1. The van der Waals surface area contributed by atoms with E-state index < -0.39 is 22.7 Å². The fourth-order valence-electron chi connectivity index (χ4n) is 4.76. The third kappa shape index (κ3) is 6.12. The number of hydrogen-bond acceptors (Lipinski definition) is 6. The molecular weight excluding hydrogens is 590 g/mol. The Hall–Kier alpha value is -3.95. The van der Waals surface area contributed by atoms with E-state index in [1.165, 1.54) is 28.3 Å². The van der Waals surface area contributed by atoms with Crippen molar-refractivity contribution in [1.29, 1.82) is 0 Å². The number of nitrogens with zero attached hydrogens (tertiary/aromatic N) is 3. The fourth-order valence-corrected chi connectivity index (χ4v) is 6.77. The molecule has 1 saturated carbocycles. The minimum absolute atomic E-state index is 0.00292. The van der Waals surface area contributed by atoms with Crippen molar-refractivity contribution in [3.05, 3.63) is 104 Å². The Kier molecular flexibility index (Phi) is 7.88. The number of aromatic nitrogens is 3. The summed E-state index contributed by atoms with van der Waals surface area (Å²) < 4.78 is 28.4. The van der Waals surface area contributed by atoms with Gasteiger partial charge in [0.1, 0.15) is 5.69 Å². The van der Waals surface area contributed by atoms with Gasteiger partial charge in [-0.05, 0) is 74.1 Å². The molecule has 11 heteroatoms. The van der Waals surface area contributed by atoms with Crippen LogP contribution in [-0.4, -0.2) is 20.7 Å². The van der Waals surface area contributed by atoms with Crippen molar-refractivity contribution >= 4 is 39.6 Å². The summed E-state index contributed by atoms with van der Waals surface area (Å²) in [7, 11) is -2.29. The molecule has 3 heterocycles. The Labute approximate surface area is 253 Å². The molecule has 0 radical (unpaired) electrons. The molecule has 7 nitrogen and oxygen atoms in total. The number of nitrogens with two attached hydrogens (primary N) is 2. The molecule has 2 aromatic carbocycles. The Bertz CT molecular complexity index is 1910. The molecule has 1 amide bonds. The number of aryl methyl sites for hydroxylation is 1. The first kappa shape index (κ1) is 28.2. The van der Waals surface area contributed by atoms with Crippen LogP contribution < -0.4 is 10.9 Å². The fraction of sp³-hybridized carbons (Fsp3) is 0.194. The zero-order chi connectivity index (χ0) is 29.4. The molecule has 42 heavy (non-hydrogen) atoms. The molecule has 1 aliphatic rings. The number of carbonyl (C=O) groups is 1. The topological polar surface area (TPSA) is 117 Å². The number of thiol groups is 1. The standard InChI is InChI=1S/C31H26FN5O2S3/c1-18-5-10-23(41-18)11-8-19-3-2-4-22(13-19)29-24(14-21-9-12-28(42(34)39)25(32)15-21)27(16-20-6-7-20)37(36-29)31-35-26(17-40-31)30(33)38/h2-5,9-10,12-13,15,17,20H,6-7,14,16H2,1H3,(H2,33,38)(H2,34,39)/p+1. The lowest BCUT2D eigenvalue weighted by molar-refractivity contribution is 0.0996. The molecule has 6 rings (SSSR count). The zero-order valence-electron chi connectivity index (χ0n) is 22.6. The van der Waals surface area contributed by atoms with E-state index in [9.17, 15) is 13.4 Å². The highest BCUT2D eigenvalue weighted by atomic mass is 32.2. The van der Waals surface area contributed by atoms with Gasteiger partial charge in [-0.25, -0.2) is 14.1 Å². The highest BCUT2D eigenvalue weighted by Crippen LogP contribution is 2.38. The molecule has 0 saturated heterocycles. The van der Waals surface area contributed by atoms with Gasteiger partial charge in [0.15, 0.2) is 16.8 Å². The molecule has 5 aromatic rings. The minimum atomic E-state index is -2.29. The average Bonchev–Trinajstić information content (AvgIpc) is 3.31. The quantitative estimate of drug-likeness (QED) is 0.137. The Morgan fingerprint density at radius 1 is 1.17 bits per heavy atom. The third-order valence-corrected chi connectivity index (χ3v) is 9.60. The highest BCUT2D eigenvalue weighted by molar-refractivity contribution is 7.82. The molecule has 212 valence electrons. The monoisotopic (exact) mass is 616 g/mol. The summed E-state index contributed by atoms with van der Waals surface area (Å²) >= 11 is 2.94. The number of hydrogen-bond donors (Lipinski definition) is 2. The van der Waals surface area contributed by atoms with Gasteiger partial charge in [-0.3, -0.25) is 4.79 Å². The van der Waals surface area contributed by atoms with Gasteiger partial charge in [0.25, 0.3) is 5.91 Å². The average molecular weight is 617 g/mol.